The second kappa shape index (κ2) is 6.58. The third-order valence-electron chi connectivity index (χ3n) is 2.97. The van der Waals surface area contributed by atoms with Gasteiger partial charge in [0.05, 0.1) is 7.11 Å². The molecule has 0 fully saturated rings. The first-order valence-corrected chi connectivity index (χ1v) is 7.04. The molecule has 5 nitrogen and oxygen atoms in total. The van der Waals surface area contributed by atoms with Crippen LogP contribution in [0.4, 0.5) is 0 Å². The molecule has 0 amide bonds. The maximum absolute atomic E-state index is 11.3. The van der Waals surface area contributed by atoms with Crippen molar-refractivity contribution < 1.29 is 4.74 Å². The topological polar surface area (TPSA) is 67.0 Å². The van der Waals surface area contributed by atoms with E-state index in [1.807, 2.05) is 25.2 Å². The standard InChI is InChI=1S/C14H17N3O2S/c1-9(15-2)13-10(19-3)5-4-6-11(13)20-14-16-8-7-12(18)17-14/h4-9,15H,1-3H3,(H,16,17,18). The number of aromatic amines is 1. The van der Waals surface area contributed by atoms with Crippen molar-refractivity contribution in [2.45, 2.75) is 23.0 Å². The van der Waals surface area contributed by atoms with Crippen molar-refractivity contribution in [2.75, 3.05) is 14.2 Å². The van der Waals surface area contributed by atoms with Crippen LogP contribution in [0, 0.1) is 0 Å². The van der Waals surface area contributed by atoms with E-state index in [4.69, 9.17) is 4.74 Å². The zero-order chi connectivity index (χ0) is 14.5. The van der Waals surface area contributed by atoms with Crippen LogP contribution >= 0.6 is 11.8 Å². The Balaban J connectivity index is 2.43. The fraction of sp³-hybridized carbons (Fsp3) is 0.286. The van der Waals surface area contributed by atoms with Crippen molar-refractivity contribution in [3.8, 4) is 5.75 Å². The molecule has 1 heterocycles. The highest BCUT2D eigenvalue weighted by Gasteiger charge is 2.16. The number of hydrogen-bond acceptors (Lipinski definition) is 5. The minimum absolute atomic E-state index is 0.129. The average Bonchev–Trinajstić information content (AvgIpc) is 2.46. The third-order valence-corrected chi connectivity index (χ3v) is 3.94. The molecule has 0 radical (unpaired) electrons. The minimum atomic E-state index is -0.159. The monoisotopic (exact) mass is 291 g/mol. The van der Waals surface area contributed by atoms with Gasteiger partial charge in [-0.1, -0.05) is 17.8 Å². The summed E-state index contributed by atoms with van der Waals surface area (Å²) in [6, 6.07) is 7.36. The van der Waals surface area contributed by atoms with Crippen LogP contribution in [-0.4, -0.2) is 24.1 Å². The number of nitrogens with one attached hydrogen (secondary N) is 2. The Hall–Kier alpha value is -1.79. The predicted octanol–water partition coefficient (Wildman–Crippen LogP) is 2.21. The zero-order valence-electron chi connectivity index (χ0n) is 11.6. The summed E-state index contributed by atoms with van der Waals surface area (Å²) >= 11 is 1.41. The lowest BCUT2D eigenvalue weighted by Gasteiger charge is -2.18. The van der Waals surface area contributed by atoms with Gasteiger partial charge >= 0.3 is 0 Å². The SMILES string of the molecule is CNC(C)c1c(OC)cccc1Sc1nccc(=O)[nH]1. The number of methoxy groups -OCH3 is 1. The molecule has 2 aromatic rings. The normalized spacial score (nSPS) is 12.2. The molecule has 2 N–H and O–H groups in total. The highest BCUT2D eigenvalue weighted by atomic mass is 32.2. The number of H-pyrrole nitrogens is 1. The molecule has 1 aromatic heterocycles. The van der Waals surface area contributed by atoms with Gasteiger partial charge in [0.1, 0.15) is 5.75 Å². The maximum atomic E-state index is 11.3. The molecule has 2 rings (SSSR count). The summed E-state index contributed by atoms with van der Waals surface area (Å²) in [7, 11) is 3.55. The molecular weight excluding hydrogens is 274 g/mol. The van der Waals surface area contributed by atoms with Gasteiger partial charge in [-0.2, -0.15) is 0 Å². The van der Waals surface area contributed by atoms with E-state index >= 15 is 0 Å². The van der Waals surface area contributed by atoms with E-state index in [1.54, 1.807) is 7.11 Å². The Kier molecular flexibility index (Phi) is 4.81. The fourth-order valence-electron chi connectivity index (χ4n) is 1.87. The van der Waals surface area contributed by atoms with E-state index in [9.17, 15) is 4.79 Å². The Morgan fingerprint density at radius 3 is 2.85 bits per heavy atom. The van der Waals surface area contributed by atoms with Crippen LogP contribution in [0.5, 0.6) is 5.75 Å². The van der Waals surface area contributed by atoms with Gasteiger partial charge in [-0.3, -0.25) is 4.79 Å². The first-order chi connectivity index (χ1) is 9.65. The first kappa shape index (κ1) is 14.6. The molecule has 1 aromatic carbocycles. The predicted molar refractivity (Wildman–Crippen MR) is 79.4 cm³/mol. The molecule has 0 spiro atoms. The van der Waals surface area contributed by atoms with Gasteiger partial charge in [0.15, 0.2) is 5.16 Å². The molecular formula is C14H17N3O2S. The van der Waals surface area contributed by atoms with Crippen LogP contribution in [0.25, 0.3) is 0 Å². The van der Waals surface area contributed by atoms with Crippen molar-refractivity contribution in [1.29, 1.82) is 0 Å². The molecule has 6 heteroatoms. The second-order valence-electron chi connectivity index (χ2n) is 4.22. The summed E-state index contributed by atoms with van der Waals surface area (Å²) in [5.74, 6) is 0.815. The Morgan fingerprint density at radius 1 is 1.40 bits per heavy atom. The Morgan fingerprint density at radius 2 is 2.20 bits per heavy atom. The van der Waals surface area contributed by atoms with Crippen molar-refractivity contribution in [3.63, 3.8) is 0 Å². The highest BCUT2D eigenvalue weighted by molar-refractivity contribution is 7.99. The van der Waals surface area contributed by atoms with Crippen LogP contribution in [0.3, 0.4) is 0 Å². The van der Waals surface area contributed by atoms with Crippen molar-refractivity contribution in [3.05, 3.63) is 46.4 Å². The van der Waals surface area contributed by atoms with Gasteiger partial charge < -0.3 is 15.0 Å². The molecule has 1 unspecified atom stereocenters. The summed E-state index contributed by atoms with van der Waals surface area (Å²) in [5, 5.41) is 3.77. The van der Waals surface area contributed by atoms with Gasteiger partial charge in [-0.05, 0) is 26.1 Å². The third kappa shape index (κ3) is 3.20. The Labute approximate surface area is 121 Å². The minimum Gasteiger partial charge on any atom is -0.496 e. The largest absolute Gasteiger partial charge is 0.496 e. The molecule has 106 valence electrons. The van der Waals surface area contributed by atoms with E-state index in [0.29, 0.717) is 5.16 Å². The molecule has 0 saturated heterocycles. The van der Waals surface area contributed by atoms with Crippen LogP contribution < -0.4 is 15.6 Å². The summed E-state index contributed by atoms with van der Waals surface area (Å²) in [4.78, 5) is 19.2. The van der Waals surface area contributed by atoms with E-state index < -0.39 is 0 Å². The molecule has 0 saturated carbocycles. The van der Waals surface area contributed by atoms with Gasteiger partial charge in [0.25, 0.3) is 5.56 Å². The van der Waals surface area contributed by atoms with E-state index in [0.717, 1.165) is 16.2 Å². The van der Waals surface area contributed by atoms with Gasteiger partial charge in [-0.15, -0.1) is 0 Å². The van der Waals surface area contributed by atoms with Crippen molar-refractivity contribution in [1.82, 2.24) is 15.3 Å². The molecule has 0 aliphatic carbocycles. The van der Waals surface area contributed by atoms with Crippen molar-refractivity contribution >= 4 is 11.8 Å². The van der Waals surface area contributed by atoms with Crippen LogP contribution in [0.15, 0.2) is 45.3 Å². The maximum Gasteiger partial charge on any atom is 0.251 e. The summed E-state index contributed by atoms with van der Waals surface area (Å²) in [5.41, 5.74) is 0.891. The lowest BCUT2D eigenvalue weighted by molar-refractivity contribution is 0.401. The molecule has 20 heavy (non-hydrogen) atoms. The highest BCUT2D eigenvalue weighted by Crippen LogP contribution is 2.36. The van der Waals surface area contributed by atoms with Crippen LogP contribution in [0.2, 0.25) is 0 Å². The average molecular weight is 291 g/mol. The first-order valence-electron chi connectivity index (χ1n) is 6.23. The summed E-state index contributed by atoms with van der Waals surface area (Å²) in [6.45, 7) is 2.06. The molecule has 0 bridgehead atoms. The van der Waals surface area contributed by atoms with E-state index in [2.05, 4.69) is 22.2 Å². The summed E-state index contributed by atoms with van der Waals surface area (Å²) < 4.78 is 5.42. The van der Waals surface area contributed by atoms with Crippen LogP contribution in [-0.2, 0) is 0 Å². The lowest BCUT2D eigenvalue weighted by Crippen LogP contribution is -2.14. The second-order valence-corrected chi connectivity index (χ2v) is 5.25. The number of rotatable bonds is 5. The van der Waals surface area contributed by atoms with Crippen LogP contribution in [0.1, 0.15) is 18.5 Å². The number of nitrogens with zero attached hydrogens (tertiary/aromatic N) is 1. The number of hydrogen-bond donors (Lipinski definition) is 2. The van der Waals surface area contributed by atoms with E-state index in [-0.39, 0.29) is 11.6 Å². The zero-order valence-corrected chi connectivity index (χ0v) is 12.5. The van der Waals surface area contributed by atoms with Gasteiger partial charge in [0, 0.05) is 28.8 Å². The number of aromatic nitrogens is 2. The Bertz CT molecular complexity index is 642. The number of benzene rings is 1. The molecule has 0 aliphatic heterocycles. The van der Waals surface area contributed by atoms with Gasteiger partial charge in [-0.25, -0.2) is 4.98 Å². The lowest BCUT2D eigenvalue weighted by atomic mass is 10.1. The van der Waals surface area contributed by atoms with Gasteiger partial charge in [0.2, 0.25) is 0 Å². The smallest absolute Gasteiger partial charge is 0.251 e. The molecule has 0 aliphatic rings. The number of ether oxygens (including phenoxy) is 1. The molecule has 1 atom stereocenters. The fourth-order valence-corrected chi connectivity index (χ4v) is 2.88. The quantitative estimate of drug-likeness (QED) is 0.827. The van der Waals surface area contributed by atoms with E-state index in [1.165, 1.54) is 24.0 Å². The summed E-state index contributed by atoms with van der Waals surface area (Å²) in [6.07, 6.45) is 1.50. The van der Waals surface area contributed by atoms with Crippen molar-refractivity contribution in [2.24, 2.45) is 0 Å².